The van der Waals surface area contributed by atoms with Crippen LogP contribution in [0, 0.1) is 5.41 Å². The molecule has 0 radical (unpaired) electrons. The number of nitrogens with zero attached hydrogens (tertiary/aromatic N) is 4. The van der Waals surface area contributed by atoms with Gasteiger partial charge in [-0.2, -0.15) is 12.7 Å². The van der Waals surface area contributed by atoms with Gasteiger partial charge in [-0.05, 0) is 99.4 Å². The van der Waals surface area contributed by atoms with E-state index in [2.05, 4.69) is 38.3 Å². The molecule has 2 aliphatic carbocycles. The van der Waals surface area contributed by atoms with E-state index in [1.165, 1.54) is 44.5 Å². The van der Waals surface area contributed by atoms with E-state index < -0.39 is 21.5 Å². The molecule has 0 spiro atoms. The Bertz CT molecular complexity index is 1980. The summed E-state index contributed by atoms with van der Waals surface area (Å²) < 4.78 is 36.6. The minimum absolute atomic E-state index is 0.0766. The number of ether oxygens (including phenoxy) is 1. The molecule has 3 saturated heterocycles. The summed E-state index contributed by atoms with van der Waals surface area (Å²) in [5, 5.41) is 1.09. The summed E-state index contributed by atoms with van der Waals surface area (Å²) in [5.74, 6) is 0.871. The summed E-state index contributed by atoms with van der Waals surface area (Å²) in [5.41, 5.74) is 5.38. The Morgan fingerprint density at radius 2 is 1.61 bits per heavy atom. The standard InChI is InChI=1S/C38H47N5O5S/c1-40(2)49(46,47)39-36(44)23-10-12-26-33(18-23)42-21-38(37(45)43-31-16-17-32(43)30-15-14-29(31)41(30)3)20-28(38)27-19-24(48-4)11-13-25(27)35(42)34(26)22-8-6-5-7-9-22/h10-13,18-19,22,28-32H,5-9,14-17,20-21H2,1-4H3,(H,39,44). The van der Waals surface area contributed by atoms with Crippen LogP contribution in [0.1, 0.15) is 97.5 Å². The predicted octanol–water partition coefficient (Wildman–Crippen LogP) is 5.22. The second-order valence-electron chi connectivity index (χ2n) is 15.8. The SMILES string of the molecule is COc1ccc2c(c1)C1CC1(C(=O)N1C3CCC1C1CCC3N1C)Cn1c-2c(C2CCCCC2)c2ccc(C(=O)NS(=O)(=O)N(C)C)cc21. The monoisotopic (exact) mass is 685 g/mol. The summed E-state index contributed by atoms with van der Waals surface area (Å²) in [7, 11) is 2.79. The van der Waals surface area contributed by atoms with Gasteiger partial charge in [0, 0.05) is 72.8 Å². The average molecular weight is 686 g/mol. The zero-order valence-corrected chi connectivity index (χ0v) is 29.8. The van der Waals surface area contributed by atoms with Crippen molar-refractivity contribution >= 4 is 32.9 Å². The van der Waals surface area contributed by atoms with E-state index in [0.717, 1.165) is 77.2 Å². The molecule has 6 unspecified atom stereocenters. The highest BCUT2D eigenvalue weighted by Crippen LogP contribution is 2.67. The number of fused-ring (bicyclic) bond motifs is 13. The van der Waals surface area contributed by atoms with Gasteiger partial charge in [-0.3, -0.25) is 14.5 Å². The van der Waals surface area contributed by atoms with Crippen molar-refractivity contribution in [1.29, 1.82) is 0 Å². The molecule has 10 nitrogen and oxygen atoms in total. The lowest BCUT2D eigenvalue weighted by Crippen LogP contribution is -2.62. The molecule has 6 atom stereocenters. The van der Waals surface area contributed by atoms with E-state index >= 15 is 4.79 Å². The number of piperazine rings is 1. The number of benzene rings is 2. The minimum Gasteiger partial charge on any atom is -0.497 e. The first-order valence-electron chi connectivity index (χ1n) is 18.2. The Hall–Kier alpha value is -3.41. The van der Waals surface area contributed by atoms with Crippen molar-refractivity contribution in [3.63, 3.8) is 0 Å². The van der Waals surface area contributed by atoms with Gasteiger partial charge in [0.05, 0.1) is 18.2 Å². The third-order valence-corrected chi connectivity index (χ3v) is 14.7. The number of hydrogen-bond donors (Lipinski definition) is 1. The van der Waals surface area contributed by atoms with Crippen molar-refractivity contribution < 1.29 is 22.7 Å². The van der Waals surface area contributed by atoms with Crippen LogP contribution in [0.3, 0.4) is 0 Å². The van der Waals surface area contributed by atoms with E-state index in [0.29, 0.717) is 30.5 Å². The second-order valence-corrected chi connectivity index (χ2v) is 17.7. The Morgan fingerprint density at radius 3 is 2.29 bits per heavy atom. The van der Waals surface area contributed by atoms with Crippen LogP contribution in [0.2, 0.25) is 0 Å². The molecule has 49 heavy (non-hydrogen) atoms. The molecule has 2 saturated carbocycles. The number of amides is 2. The van der Waals surface area contributed by atoms with Gasteiger partial charge in [-0.1, -0.05) is 25.3 Å². The topological polar surface area (TPSA) is 104 Å². The van der Waals surface area contributed by atoms with Gasteiger partial charge >= 0.3 is 10.2 Å². The molecule has 11 heteroatoms. The first kappa shape index (κ1) is 31.6. The number of likely N-dealkylation sites (N-methyl/N-ethyl adjacent to an activating group) is 1. The number of methoxy groups -OCH3 is 1. The van der Waals surface area contributed by atoms with Crippen LogP contribution in [0.25, 0.3) is 22.2 Å². The third kappa shape index (κ3) is 4.53. The Morgan fingerprint density at radius 1 is 0.918 bits per heavy atom. The zero-order valence-electron chi connectivity index (χ0n) is 28.9. The molecular formula is C38H47N5O5S. The van der Waals surface area contributed by atoms with Crippen LogP contribution < -0.4 is 9.46 Å². The van der Waals surface area contributed by atoms with Crippen molar-refractivity contribution in [3.8, 4) is 17.0 Å². The van der Waals surface area contributed by atoms with Crippen molar-refractivity contribution in [2.45, 2.75) is 107 Å². The van der Waals surface area contributed by atoms with Gasteiger partial charge in [-0.25, -0.2) is 4.72 Å². The van der Waals surface area contributed by atoms with Gasteiger partial charge in [0.15, 0.2) is 0 Å². The molecule has 1 aromatic heterocycles. The molecule has 9 rings (SSSR count). The molecule has 6 aliphatic rings. The molecule has 5 heterocycles. The summed E-state index contributed by atoms with van der Waals surface area (Å²) in [6.45, 7) is 0.536. The number of aromatic nitrogens is 1. The number of rotatable bonds is 6. The first-order chi connectivity index (χ1) is 23.5. The molecule has 3 aromatic rings. The lowest BCUT2D eigenvalue weighted by atomic mass is 9.81. The van der Waals surface area contributed by atoms with Crippen molar-refractivity contribution in [2.75, 3.05) is 28.3 Å². The summed E-state index contributed by atoms with van der Waals surface area (Å²) in [6, 6.07) is 13.4. The quantitative estimate of drug-likeness (QED) is 0.382. The van der Waals surface area contributed by atoms with Gasteiger partial charge in [0.1, 0.15) is 5.75 Å². The molecule has 260 valence electrons. The number of carbonyl (C=O) groups excluding carboxylic acids is 2. The molecule has 5 fully saturated rings. The Balaban J connectivity index is 1.23. The molecule has 1 N–H and O–H groups in total. The van der Waals surface area contributed by atoms with E-state index in [1.807, 2.05) is 18.2 Å². The van der Waals surface area contributed by atoms with Crippen LogP contribution in [0.5, 0.6) is 5.75 Å². The fourth-order valence-electron chi connectivity index (χ4n) is 10.8. The second kappa shape index (κ2) is 11.0. The minimum atomic E-state index is -3.97. The number of carbonyl (C=O) groups is 2. The van der Waals surface area contributed by atoms with E-state index in [9.17, 15) is 13.2 Å². The van der Waals surface area contributed by atoms with Gasteiger partial charge in [0.25, 0.3) is 5.91 Å². The van der Waals surface area contributed by atoms with Gasteiger partial charge < -0.3 is 14.2 Å². The van der Waals surface area contributed by atoms with Crippen LogP contribution in [-0.2, 0) is 21.5 Å². The highest BCUT2D eigenvalue weighted by molar-refractivity contribution is 7.87. The van der Waals surface area contributed by atoms with Crippen molar-refractivity contribution in [3.05, 3.63) is 53.1 Å². The number of hydrogen-bond acceptors (Lipinski definition) is 6. The molecule has 2 amide bonds. The summed E-state index contributed by atoms with van der Waals surface area (Å²) in [6.07, 6.45) is 11.0. The Labute approximate surface area is 288 Å². The molecule has 4 bridgehead atoms. The zero-order chi connectivity index (χ0) is 34.0. The predicted molar refractivity (Wildman–Crippen MR) is 188 cm³/mol. The van der Waals surface area contributed by atoms with E-state index in [-0.39, 0.29) is 23.6 Å². The maximum absolute atomic E-state index is 15.3. The summed E-state index contributed by atoms with van der Waals surface area (Å²) in [4.78, 5) is 33.6. The smallest absolute Gasteiger partial charge is 0.303 e. The van der Waals surface area contributed by atoms with Crippen LogP contribution in [-0.4, -0.2) is 91.3 Å². The first-order valence-corrected chi connectivity index (χ1v) is 19.6. The Kier molecular flexibility index (Phi) is 7.11. The van der Waals surface area contributed by atoms with Crippen LogP contribution >= 0.6 is 0 Å². The van der Waals surface area contributed by atoms with Gasteiger partial charge in [-0.15, -0.1) is 0 Å². The fourth-order valence-corrected chi connectivity index (χ4v) is 11.3. The lowest BCUT2D eigenvalue weighted by molar-refractivity contribution is -0.146. The van der Waals surface area contributed by atoms with Crippen molar-refractivity contribution in [2.24, 2.45) is 5.41 Å². The largest absolute Gasteiger partial charge is 0.497 e. The number of nitrogens with one attached hydrogen (secondary N) is 1. The maximum atomic E-state index is 15.3. The highest BCUT2D eigenvalue weighted by Gasteiger charge is 2.67. The van der Waals surface area contributed by atoms with Crippen LogP contribution in [0.4, 0.5) is 0 Å². The average Bonchev–Trinajstić information content (AvgIpc) is 3.45. The molecular weight excluding hydrogens is 639 g/mol. The van der Waals surface area contributed by atoms with Crippen molar-refractivity contribution in [1.82, 2.24) is 23.4 Å². The van der Waals surface area contributed by atoms with Gasteiger partial charge in [0.2, 0.25) is 5.91 Å². The maximum Gasteiger partial charge on any atom is 0.303 e. The van der Waals surface area contributed by atoms with Crippen LogP contribution in [0.15, 0.2) is 36.4 Å². The molecule has 2 aromatic carbocycles. The fraction of sp³-hybridized carbons (Fsp3) is 0.579. The summed E-state index contributed by atoms with van der Waals surface area (Å²) >= 11 is 0. The molecule has 4 aliphatic heterocycles. The van der Waals surface area contributed by atoms with E-state index in [4.69, 9.17) is 4.74 Å². The highest BCUT2D eigenvalue weighted by atomic mass is 32.2. The van der Waals surface area contributed by atoms with E-state index in [1.54, 1.807) is 13.2 Å². The lowest BCUT2D eigenvalue weighted by Gasteiger charge is -2.46. The normalized spacial score (nSPS) is 30.6. The third-order valence-electron chi connectivity index (χ3n) is 13.3.